The van der Waals surface area contributed by atoms with Crippen LogP contribution in [0, 0.1) is 0 Å². The van der Waals surface area contributed by atoms with Crippen LogP contribution in [0.5, 0.6) is 0 Å². The smallest absolute Gasteiger partial charge is 0.356 e. The van der Waals surface area contributed by atoms with E-state index in [9.17, 15) is 19.2 Å². The van der Waals surface area contributed by atoms with E-state index in [1.165, 1.54) is 0 Å². The minimum atomic E-state index is -1.24. The minimum Gasteiger partial charge on any atom is -0.476 e. The average molecular weight is 368 g/mol. The zero-order valence-corrected chi connectivity index (χ0v) is 12.7. The molecule has 26 heavy (non-hydrogen) atoms. The van der Waals surface area contributed by atoms with Crippen LogP contribution in [0.1, 0.15) is 42.0 Å². The normalized spacial score (nSPS) is 8.85. The van der Waals surface area contributed by atoms with Crippen LogP contribution in [-0.4, -0.2) is 64.7 Å². The Hall–Kier alpha value is -4.04. The lowest BCUT2D eigenvalue weighted by Gasteiger charge is -1.92. The topological polar surface area (TPSA) is 253 Å². The maximum absolute atomic E-state index is 10.2. The van der Waals surface area contributed by atoms with Gasteiger partial charge in [-0.25, -0.2) is 19.2 Å². The van der Waals surface area contributed by atoms with Crippen molar-refractivity contribution in [2.75, 3.05) is 0 Å². The summed E-state index contributed by atoms with van der Waals surface area (Å²) in [6.07, 6.45) is 0. The van der Waals surface area contributed by atoms with Crippen LogP contribution in [0.15, 0.2) is 24.3 Å². The Balaban J connectivity index is 0.000000439. The third-order valence-electron chi connectivity index (χ3n) is 2.21. The summed E-state index contributed by atoms with van der Waals surface area (Å²) >= 11 is 0. The first-order chi connectivity index (χ1) is 12.2. The summed E-state index contributed by atoms with van der Waals surface area (Å²) in [5.74, 6) is 3.05. The highest BCUT2D eigenvalue weighted by molar-refractivity contribution is 5.88. The molecule has 0 bridgehead atoms. The van der Waals surface area contributed by atoms with Gasteiger partial charge in [0.1, 0.15) is 0 Å². The highest BCUT2D eigenvalue weighted by Gasteiger charge is 2.09. The molecule has 0 radical (unpaired) electrons. The molecule has 0 unspecified atom stereocenters. The molecule has 2 aromatic rings. The molecule has 0 saturated carbocycles. The van der Waals surface area contributed by atoms with Gasteiger partial charge in [-0.15, -0.1) is 20.4 Å². The second-order valence-corrected chi connectivity index (χ2v) is 3.83. The van der Waals surface area contributed by atoms with Gasteiger partial charge >= 0.3 is 23.9 Å². The van der Waals surface area contributed by atoms with E-state index in [0.29, 0.717) is 0 Å². The van der Waals surface area contributed by atoms with E-state index in [1.807, 2.05) is 0 Å². The summed E-state index contributed by atoms with van der Waals surface area (Å²) in [6, 6.07) is 4.33. The van der Waals surface area contributed by atoms with Gasteiger partial charge in [0, 0.05) is 0 Å². The molecule has 0 atom stereocenters. The van der Waals surface area contributed by atoms with Crippen molar-refractivity contribution in [3.63, 3.8) is 0 Å². The van der Waals surface area contributed by atoms with Gasteiger partial charge in [0.25, 0.3) is 0 Å². The van der Waals surface area contributed by atoms with Crippen LogP contribution in [0.25, 0.3) is 0 Å². The lowest BCUT2D eigenvalue weighted by Crippen LogP contribution is -2.06. The third kappa shape index (κ3) is 7.02. The monoisotopic (exact) mass is 368 g/mol. The summed E-state index contributed by atoms with van der Waals surface area (Å²) in [5, 5.41) is 46.1. The van der Waals surface area contributed by atoms with Gasteiger partial charge in [0.05, 0.1) is 0 Å². The minimum absolute atomic E-state index is 0.278. The van der Waals surface area contributed by atoms with Crippen molar-refractivity contribution >= 4 is 23.9 Å². The number of aromatic nitrogens is 4. The Morgan fingerprint density at radius 1 is 0.538 bits per heavy atom. The lowest BCUT2D eigenvalue weighted by molar-refractivity contribution is 0.0668. The molecule has 0 fully saturated rings. The molecule has 0 aliphatic rings. The molecule has 14 nitrogen and oxygen atoms in total. The largest absolute Gasteiger partial charge is 0.476 e. The number of nitrogens with zero attached hydrogens (tertiary/aromatic N) is 4. The predicted molar refractivity (Wildman–Crippen MR) is 80.3 cm³/mol. The third-order valence-corrected chi connectivity index (χ3v) is 2.21. The van der Waals surface area contributed by atoms with Gasteiger partial charge in [-0.1, -0.05) is 0 Å². The Labute approximate surface area is 143 Å². The first-order valence-electron chi connectivity index (χ1n) is 6.16. The summed E-state index contributed by atoms with van der Waals surface area (Å²) in [6.45, 7) is 0. The highest BCUT2D eigenvalue weighted by atomic mass is 16.4. The van der Waals surface area contributed by atoms with Crippen molar-refractivity contribution in [2.45, 2.75) is 0 Å². The zero-order chi connectivity index (χ0) is 20.3. The Kier molecular flexibility index (Phi) is 9.02. The molecule has 0 aliphatic carbocycles. The van der Waals surface area contributed by atoms with Crippen LogP contribution >= 0.6 is 0 Å². The Morgan fingerprint density at radius 3 is 0.769 bits per heavy atom. The fraction of sp³-hybridized carbons (Fsp3) is 0. The number of aromatic carboxylic acids is 4. The van der Waals surface area contributed by atoms with E-state index in [1.54, 1.807) is 0 Å². The average Bonchev–Trinajstić information content (AvgIpc) is 2.64. The molecule has 0 aliphatic heterocycles. The van der Waals surface area contributed by atoms with E-state index in [0.717, 1.165) is 24.3 Å². The molecular weight excluding hydrogens is 356 g/mol. The highest BCUT2D eigenvalue weighted by Crippen LogP contribution is 1.96. The maximum Gasteiger partial charge on any atom is 0.356 e. The fourth-order valence-corrected chi connectivity index (χ4v) is 1.12. The van der Waals surface area contributed by atoms with Gasteiger partial charge in [0.2, 0.25) is 0 Å². The number of nitrogens with two attached hydrogens (primary N) is 2. The summed E-state index contributed by atoms with van der Waals surface area (Å²) in [5.41, 5.74) is -1.11. The first-order valence-corrected chi connectivity index (χ1v) is 6.16. The molecule has 14 heteroatoms. The second-order valence-electron chi connectivity index (χ2n) is 3.83. The molecule has 138 valence electrons. The summed E-state index contributed by atoms with van der Waals surface area (Å²) in [4.78, 5) is 40.9. The first kappa shape index (κ1) is 22.0. The van der Waals surface area contributed by atoms with Crippen molar-refractivity contribution in [2.24, 2.45) is 11.7 Å². The molecule has 0 aromatic carbocycles. The molecule has 2 rings (SSSR count). The van der Waals surface area contributed by atoms with Gasteiger partial charge in [-0.2, -0.15) is 0 Å². The van der Waals surface area contributed by atoms with Crippen LogP contribution in [0.3, 0.4) is 0 Å². The molecule has 2 aromatic heterocycles. The number of carbonyl (C=O) groups is 4. The SMILES string of the molecule is NN.O=C(O)c1ccc(C(=O)O)nn1.O=C(O)c1ccc(C(=O)O)nn1. The molecule has 0 saturated heterocycles. The quantitative estimate of drug-likeness (QED) is 0.267. The number of rotatable bonds is 4. The van der Waals surface area contributed by atoms with E-state index in [4.69, 9.17) is 20.4 Å². The summed E-state index contributed by atoms with van der Waals surface area (Å²) in [7, 11) is 0. The number of hydrazine groups is 1. The van der Waals surface area contributed by atoms with Gasteiger partial charge in [-0.05, 0) is 24.3 Å². The second kappa shape index (κ2) is 10.7. The van der Waals surface area contributed by atoms with Gasteiger partial charge < -0.3 is 20.4 Å². The lowest BCUT2D eigenvalue weighted by atomic mass is 10.3. The molecule has 0 spiro atoms. The van der Waals surface area contributed by atoms with Crippen molar-refractivity contribution in [3.8, 4) is 0 Å². The predicted octanol–water partition coefficient (Wildman–Crippen LogP) is -1.44. The van der Waals surface area contributed by atoms with Crippen LogP contribution in [-0.2, 0) is 0 Å². The number of carboxylic acids is 4. The number of hydrogen-bond donors (Lipinski definition) is 6. The summed E-state index contributed by atoms with van der Waals surface area (Å²) < 4.78 is 0. The molecule has 2 heterocycles. The molecular formula is C12H12N6O8. The van der Waals surface area contributed by atoms with Crippen LogP contribution in [0.2, 0.25) is 0 Å². The Bertz CT molecular complexity index is 644. The van der Waals surface area contributed by atoms with Crippen LogP contribution in [0.4, 0.5) is 0 Å². The van der Waals surface area contributed by atoms with Gasteiger partial charge in [0.15, 0.2) is 22.8 Å². The maximum atomic E-state index is 10.2. The van der Waals surface area contributed by atoms with E-state index in [2.05, 4.69) is 32.1 Å². The van der Waals surface area contributed by atoms with Gasteiger partial charge in [-0.3, -0.25) is 11.7 Å². The van der Waals surface area contributed by atoms with Crippen molar-refractivity contribution in [1.82, 2.24) is 20.4 Å². The van der Waals surface area contributed by atoms with E-state index < -0.39 is 23.9 Å². The number of hydrogen-bond acceptors (Lipinski definition) is 10. The van der Waals surface area contributed by atoms with E-state index >= 15 is 0 Å². The molecule has 8 N–H and O–H groups in total. The standard InChI is InChI=1S/2C6H4N2O4.H4N2/c2*9-5(10)3-1-2-4(6(11)12)8-7-3;1-2/h2*1-2H,(H,9,10)(H,11,12);1-2H2. The fourth-order valence-electron chi connectivity index (χ4n) is 1.12. The zero-order valence-electron chi connectivity index (χ0n) is 12.7. The van der Waals surface area contributed by atoms with Crippen molar-refractivity contribution in [1.29, 1.82) is 0 Å². The number of carboxylic acid groups (broad SMARTS) is 4. The molecule has 0 amide bonds. The Morgan fingerprint density at radius 2 is 0.692 bits per heavy atom. The van der Waals surface area contributed by atoms with E-state index in [-0.39, 0.29) is 22.8 Å². The van der Waals surface area contributed by atoms with Crippen molar-refractivity contribution in [3.05, 3.63) is 47.0 Å². The van der Waals surface area contributed by atoms with Crippen LogP contribution < -0.4 is 11.7 Å². The van der Waals surface area contributed by atoms with Crippen molar-refractivity contribution < 1.29 is 39.6 Å².